The fraction of sp³-hybridized carbons (Fsp3) is 0.450. The molecule has 8 nitrogen and oxygen atoms in total. The van der Waals surface area contributed by atoms with Crippen LogP contribution in [0.1, 0.15) is 32.3 Å². The Bertz CT molecular complexity index is 830. The Hall–Kier alpha value is -2.87. The van der Waals surface area contributed by atoms with Gasteiger partial charge in [-0.15, -0.1) is 0 Å². The predicted molar refractivity (Wildman–Crippen MR) is 108 cm³/mol. The van der Waals surface area contributed by atoms with Crippen LogP contribution < -0.4 is 21.9 Å². The number of carbonyl (C=O) groups excluding carboxylic acids is 3. The summed E-state index contributed by atoms with van der Waals surface area (Å²) in [5.41, 5.74) is 3.97. The molecule has 2 atom stereocenters. The lowest BCUT2D eigenvalue weighted by Crippen LogP contribution is -2.49. The molecule has 3 amide bonds. The lowest BCUT2D eigenvalue weighted by atomic mass is 9.92. The second kappa shape index (κ2) is 9.89. The molecule has 0 aliphatic rings. The lowest BCUT2D eigenvalue weighted by Gasteiger charge is -2.22. The number of benzene rings is 1. The molecule has 152 valence electrons. The van der Waals surface area contributed by atoms with Gasteiger partial charge >= 0.3 is 0 Å². The van der Waals surface area contributed by atoms with E-state index in [2.05, 4.69) is 21.0 Å². The van der Waals surface area contributed by atoms with Crippen LogP contribution >= 0.6 is 0 Å². The van der Waals surface area contributed by atoms with Crippen molar-refractivity contribution in [2.24, 2.45) is 17.7 Å². The maximum atomic E-state index is 12.8. The van der Waals surface area contributed by atoms with Crippen LogP contribution in [0, 0.1) is 11.8 Å². The zero-order valence-electron chi connectivity index (χ0n) is 16.5. The molecule has 0 aliphatic heterocycles. The van der Waals surface area contributed by atoms with Crippen molar-refractivity contribution in [1.82, 2.24) is 21.0 Å². The molecule has 0 bridgehead atoms. The maximum absolute atomic E-state index is 12.8. The third-order valence-corrected chi connectivity index (χ3v) is 4.70. The van der Waals surface area contributed by atoms with Crippen molar-refractivity contribution in [3.8, 4) is 0 Å². The van der Waals surface area contributed by atoms with Crippen LogP contribution in [0.15, 0.2) is 30.5 Å². The summed E-state index contributed by atoms with van der Waals surface area (Å²) in [5.74, 6) is 3.80. The van der Waals surface area contributed by atoms with Gasteiger partial charge in [0.15, 0.2) is 0 Å². The van der Waals surface area contributed by atoms with Crippen LogP contribution in [0.25, 0.3) is 10.9 Å². The Balaban J connectivity index is 2.18. The highest BCUT2D eigenvalue weighted by atomic mass is 16.2. The Labute approximate surface area is 164 Å². The molecule has 0 fully saturated rings. The summed E-state index contributed by atoms with van der Waals surface area (Å²) in [6.07, 6.45) is 2.69. The predicted octanol–water partition coefficient (Wildman–Crippen LogP) is 0.984. The van der Waals surface area contributed by atoms with E-state index in [1.54, 1.807) is 0 Å². The fourth-order valence-electron chi connectivity index (χ4n) is 3.33. The van der Waals surface area contributed by atoms with Gasteiger partial charge in [-0.1, -0.05) is 32.0 Å². The summed E-state index contributed by atoms with van der Waals surface area (Å²) >= 11 is 0. The van der Waals surface area contributed by atoms with Crippen molar-refractivity contribution >= 4 is 28.6 Å². The summed E-state index contributed by atoms with van der Waals surface area (Å²) in [6, 6.07) is 7.04. The van der Waals surface area contributed by atoms with Crippen LogP contribution in [0.5, 0.6) is 0 Å². The number of amides is 3. The number of hydrogen-bond donors (Lipinski definition) is 5. The second-order valence-corrected chi connectivity index (χ2v) is 7.34. The average molecular weight is 387 g/mol. The molecule has 1 aromatic heterocycles. The molecule has 2 aromatic rings. The highest BCUT2D eigenvalue weighted by Gasteiger charge is 2.28. The van der Waals surface area contributed by atoms with Gasteiger partial charge in [-0.25, -0.2) is 5.84 Å². The number of carbonyl (C=O) groups is 3. The quantitative estimate of drug-likeness (QED) is 0.249. The molecule has 0 saturated heterocycles. The van der Waals surface area contributed by atoms with Crippen molar-refractivity contribution in [2.45, 2.75) is 39.2 Å². The number of aromatic amines is 1. The van der Waals surface area contributed by atoms with Crippen molar-refractivity contribution in [2.75, 3.05) is 7.05 Å². The first-order valence-electron chi connectivity index (χ1n) is 9.42. The summed E-state index contributed by atoms with van der Waals surface area (Å²) in [6.45, 7) is 3.95. The van der Waals surface area contributed by atoms with Gasteiger partial charge in [0, 0.05) is 42.9 Å². The number of aromatic nitrogens is 1. The zero-order chi connectivity index (χ0) is 20.7. The molecular weight excluding hydrogens is 358 g/mol. The summed E-state index contributed by atoms with van der Waals surface area (Å²) in [5, 5.41) is 6.43. The van der Waals surface area contributed by atoms with Gasteiger partial charge in [0.25, 0.3) is 0 Å². The molecule has 1 aromatic carbocycles. The fourth-order valence-corrected chi connectivity index (χ4v) is 3.33. The van der Waals surface area contributed by atoms with E-state index in [0.29, 0.717) is 12.8 Å². The number of para-hydroxylation sites is 1. The molecule has 1 heterocycles. The minimum atomic E-state index is -0.743. The van der Waals surface area contributed by atoms with Gasteiger partial charge < -0.3 is 15.6 Å². The third-order valence-electron chi connectivity index (χ3n) is 4.70. The number of hydrazine groups is 1. The van der Waals surface area contributed by atoms with Crippen molar-refractivity contribution in [3.05, 3.63) is 36.0 Å². The zero-order valence-corrected chi connectivity index (χ0v) is 16.5. The number of nitrogens with one attached hydrogen (secondary N) is 4. The van der Waals surface area contributed by atoms with Crippen LogP contribution in [0.4, 0.5) is 0 Å². The van der Waals surface area contributed by atoms with Gasteiger partial charge in [-0.2, -0.15) is 0 Å². The monoisotopic (exact) mass is 387 g/mol. The first-order chi connectivity index (χ1) is 13.3. The average Bonchev–Trinajstić information content (AvgIpc) is 3.08. The summed E-state index contributed by atoms with van der Waals surface area (Å²) in [4.78, 5) is 40.1. The molecule has 0 saturated carbocycles. The first-order valence-corrected chi connectivity index (χ1v) is 9.42. The first kappa shape index (κ1) is 21.4. The molecule has 8 heteroatoms. The number of hydrogen-bond acceptors (Lipinski definition) is 4. The number of fused-ring (bicyclic) bond motifs is 1. The van der Waals surface area contributed by atoms with E-state index < -0.39 is 17.9 Å². The van der Waals surface area contributed by atoms with E-state index in [1.165, 1.54) is 7.05 Å². The summed E-state index contributed by atoms with van der Waals surface area (Å²) in [7, 11) is 1.53. The molecule has 0 radical (unpaired) electrons. The second-order valence-electron chi connectivity index (χ2n) is 7.34. The van der Waals surface area contributed by atoms with E-state index in [-0.39, 0.29) is 24.2 Å². The van der Waals surface area contributed by atoms with Gasteiger partial charge in [-0.3, -0.25) is 19.8 Å². The number of rotatable bonds is 9. The minimum Gasteiger partial charge on any atom is -0.361 e. The van der Waals surface area contributed by atoms with Crippen LogP contribution in [-0.4, -0.2) is 35.8 Å². The standard InChI is InChI=1S/C20H29N5O3/c1-12(2)8-13(10-18(26)25-21)19(27)24-17(20(28)22-3)9-14-11-23-16-7-5-4-6-15(14)16/h4-7,11-13,17,23H,8-10,21H2,1-3H3,(H,22,28)(H,24,27)(H,25,26)/t13-,17+/m1/s1. The Kier molecular flexibility index (Phi) is 7.57. The van der Waals surface area contributed by atoms with Crippen LogP contribution in [0.3, 0.4) is 0 Å². The van der Waals surface area contributed by atoms with E-state index in [1.807, 2.05) is 44.3 Å². The molecule has 0 aliphatic carbocycles. The summed E-state index contributed by atoms with van der Waals surface area (Å²) < 4.78 is 0. The van der Waals surface area contributed by atoms with Crippen molar-refractivity contribution in [3.63, 3.8) is 0 Å². The lowest BCUT2D eigenvalue weighted by molar-refractivity contribution is -0.133. The molecule has 0 unspecified atom stereocenters. The Morgan fingerprint density at radius 2 is 1.86 bits per heavy atom. The number of nitrogens with two attached hydrogens (primary N) is 1. The molecule has 0 spiro atoms. The van der Waals surface area contributed by atoms with Crippen LogP contribution in [0.2, 0.25) is 0 Å². The SMILES string of the molecule is CNC(=O)[C@H](Cc1c[nH]c2ccccc12)NC(=O)[C@@H](CC(=O)NN)CC(C)C. The molecule has 28 heavy (non-hydrogen) atoms. The maximum Gasteiger partial charge on any atom is 0.242 e. The highest BCUT2D eigenvalue weighted by Crippen LogP contribution is 2.20. The normalized spacial score (nSPS) is 13.2. The van der Waals surface area contributed by atoms with E-state index in [0.717, 1.165) is 16.5 Å². The number of likely N-dealkylation sites (N-methyl/N-ethyl adjacent to an activating group) is 1. The Morgan fingerprint density at radius 1 is 1.14 bits per heavy atom. The van der Waals surface area contributed by atoms with Gasteiger partial charge in [-0.05, 0) is 24.0 Å². The number of H-pyrrole nitrogens is 1. The van der Waals surface area contributed by atoms with Crippen LogP contribution in [-0.2, 0) is 20.8 Å². The van der Waals surface area contributed by atoms with Gasteiger partial charge in [0.2, 0.25) is 17.7 Å². The van der Waals surface area contributed by atoms with Crippen molar-refractivity contribution in [1.29, 1.82) is 0 Å². The molecular formula is C20H29N5O3. The van der Waals surface area contributed by atoms with E-state index in [4.69, 9.17) is 5.84 Å². The third kappa shape index (κ3) is 5.56. The van der Waals surface area contributed by atoms with E-state index >= 15 is 0 Å². The Morgan fingerprint density at radius 3 is 2.50 bits per heavy atom. The van der Waals surface area contributed by atoms with Gasteiger partial charge in [0.05, 0.1) is 0 Å². The highest BCUT2D eigenvalue weighted by molar-refractivity contribution is 5.91. The van der Waals surface area contributed by atoms with E-state index in [9.17, 15) is 14.4 Å². The van der Waals surface area contributed by atoms with Gasteiger partial charge in [0.1, 0.15) is 6.04 Å². The topological polar surface area (TPSA) is 129 Å². The smallest absolute Gasteiger partial charge is 0.242 e. The molecule has 6 N–H and O–H groups in total. The largest absolute Gasteiger partial charge is 0.361 e. The minimum absolute atomic E-state index is 0.0198. The van der Waals surface area contributed by atoms with Crippen molar-refractivity contribution < 1.29 is 14.4 Å². The molecule has 2 rings (SSSR count).